The van der Waals surface area contributed by atoms with Crippen LogP contribution in [0, 0.1) is 5.41 Å². The molecule has 0 radical (unpaired) electrons. The van der Waals surface area contributed by atoms with E-state index in [1.165, 1.54) is 11.8 Å². The van der Waals surface area contributed by atoms with Gasteiger partial charge in [-0.15, -0.1) is 11.8 Å². The van der Waals surface area contributed by atoms with E-state index in [4.69, 9.17) is 0 Å². The van der Waals surface area contributed by atoms with Crippen LogP contribution in [0.5, 0.6) is 0 Å². The van der Waals surface area contributed by atoms with E-state index in [-0.39, 0.29) is 5.37 Å². The van der Waals surface area contributed by atoms with E-state index in [9.17, 15) is 13.2 Å². The molecule has 1 aliphatic rings. The van der Waals surface area contributed by atoms with Gasteiger partial charge in [0.15, 0.2) is 0 Å². The van der Waals surface area contributed by atoms with Gasteiger partial charge in [-0.05, 0) is 12.3 Å². The average molecular weight is 225 g/mol. The van der Waals surface area contributed by atoms with Crippen LogP contribution >= 0.6 is 11.8 Å². The fourth-order valence-corrected chi connectivity index (χ4v) is 2.47. The highest BCUT2D eigenvalue weighted by atomic mass is 32.2. The summed E-state index contributed by atoms with van der Waals surface area (Å²) >= 11 is 1.26. The summed E-state index contributed by atoms with van der Waals surface area (Å²) in [6, 6.07) is 0. The summed E-state index contributed by atoms with van der Waals surface area (Å²) in [7, 11) is 0. The lowest BCUT2D eigenvalue weighted by atomic mass is 9.94. The summed E-state index contributed by atoms with van der Waals surface area (Å²) < 4.78 is 37.7. The van der Waals surface area contributed by atoms with E-state index in [1.54, 1.807) is 27.7 Å². The number of hydrogen-bond donors (Lipinski definition) is 1. The Bertz CT molecular complexity index is 236. The molecule has 0 fully saturated rings. The Hall–Kier alpha value is -0.320. The molecule has 1 rings (SSSR count). The minimum Gasteiger partial charge on any atom is -0.369 e. The lowest BCUT2D eigenvalue weighted by Gasteiger charge is -2.21. The Balaban J connectivity index is 3.08. The Morgan fingerprint density at radius 3 is 2.00 bits per heavy atom. The van der Waals surface area contributed by atoms with Gasteiger partial charge >= 0.3 is 6.18 Å². The van der Waals surface area contributed by atoms with Crippen molar-refractivity contribution in [1.29, 1.82) is 0 Å². The monoisotopic (exact) mass is 225 g/mol. The normalized spacial score (nSPS) is 24.1. The first-order valence-corrected chi connectivity index (χ1v) is 5.25. The van der Waals surface area contributed by atoms with Gasteiger partial charge in [0.05, 0.1) is 5.37 Å². The maximum Gasteiger partial charge on any atom is 0.431 e. The summed E-state index contributed by atoms with van der Waals surface area (Å²) in [5, 5.41) is 2.27. The third kappa shape index (κ3) is 2.38. The minimum absolute atomic E-state index is 0.194. The molecule has 14 heavy (non-hydrogen) atoms. The number of halogens is 3. The predicted octanol–water partition coefficient (Wildman–Crippen LogP) is 3.49. The predicted molar refractivity (Wildman–Crippen MR) is 52.7 cm³/mol. The van der Waals surface area contributed by atoms with Gasteiger partial charge in [0, 0.05) is 4.91 Å². The zero-order valence-corrected chi connectivity index (χ0v) is 9.44. The quantitative estimate of drug-likeness (QED) is 0.677. The molecule has 0 saturated carbocycles. The second-order valence-corrected chi connectivity index (χ2v) is 5.71. The lowest BCUT2D eigenvalue weighted by Crippen LogP contribution is -2.28. The first-order valence-electron chi connectivity index (χ1n) is 4.37. The van der Waals surface area contributed by atoms with Gasteiger partial charge in [0.2, 0.25) is 0 Å². The Kier molecular flexibility index (Phi) is 2.82. The van der Waals surface area contributed by atoms with Crippen molar-refractivity contribution in [1.82, 2.24) is 5.32 Å². The minimum atomic E-state index is -4.26. The highest BCUT2D eigenvalue weighted by molar-refractivity contribution is 8.03. The van der Waals surface area contributed by atoms with Gasteiger partial charge in [0.1, 0.15) is 5.70 Å². The van der Waals surface area contributed by atoms with Crippen LogP contribution in [0.3, 0.4) is 0 Å². The first-order chi connectivity index (χ1) is 6.12. The second-order valence-electron chi connectivity index (χ2n) is 4.36. The molecule has 0 saturated heterocycles. The zero-order valence-electron chi connectivity index (χ0n) is 8.62. The van der Waals surface area contributed by atoms with Crippen molar-refractivity contribution in [3.05, 3.63) is 10.6 Å². The van der Waals surface area contributed by atoms with Gasteiger partial charge in [-0.25, -0.2) is 0 Å². The maximum atomic E-state index is 12.6. The molecule has 1 heterocycles. The van der Waals surface area contributed by atoms with Crippen LogP contribution in [0.1, 0.15) is 27.7 Å². The highest BCUT2D eigenvalue weighted by Crippen LogP contribution is 2.46. The number of nitrogens with one attached hydrogen (secondary N) is 1. The van der Waals surface area contributed by atoms with Crippen LogP contribution in [0.25, 0.3) is 0 Å². The number of rotatable bonds is 0. The molecule has 0 aromatic carbocycles. The molecule has 0 amide bonds. The van der Waals surface area contributed by atoms with Crippen LogP contribution in [-0.2, 0) is 0 Å². The van der Waals surface area contributed by atoms with Gasteiger partial charge < -0.3 is 5.32 Å². The second kappa shape index (κ2) is 3.36. The molecule has 1 unspecified atom stereocenters. The number of hydrogen-bond acceptors (Lipinski definition) is 2. The van der Waals surface area contributed by atoms with E-state index in [1.807, 2.05) is 0 Å². The standard InChI is InChI=1S/C9H14F3NS/c1-5-13-6(9(10,11)12)7(14-5)8(2,3)4/h5,13H,1-4H3. The van der Waals surface area contributed by atoms with E-state index in [0.717, 1.165) is 0 Å². The number of thioether (sulfide) groups is 1. The average Bonchev–Trinajstić information content (AvgIpc) is 2.27. The van der Waals surface area contributed by atoms with Crippen LogP contribution in [0.2, 0.25) is 0 Å². The van der Waals surface area contributed by atoms with E-state index in [0.29, 0.717) is 4.91 Å². The molecule has 1 N–H and O–H groups in total. The third-order valence-electron chi connectivity index (χ3n) is 1.83. The fourth-order valence-electron chi connectivity index (χ4n) is 1.30. The van der Waals surface area contributed by atoms with Crippen molar-refractivity contribution in [2.24, 2.45) is 5.41 Å². The molecule has 5 heteroatoms. The summed E-state index contributed by atoms with van der Waals surface area (Å²) in [5.74, 6) is 0. The van der Waals surface area contributed by atoms with Crippen molar-refractivity contribution < 1.29 is 13.2 Å². The van der Waals surface area contributed by atoms with Crippen molar-refractivity contribution in [3.8, 4) is 0 Å². The maximum absolute atomic E-state index is 12.6. The van der Waals surface area contributed by atoms with Crippen molar-refractivity contribution in [3.63, 3.8) is 0 Å². The molecule has 0 bridgehead atoms. The fraction of sp³-hybridized carbons (Fsp3) is 0.778. The Labute approximate surface area is 86.1 Å². The van der Waals surface area contributed by atoms with Crippen LogP contribution in [0.15, 0.2) is 10.6 Å². The summed E-state index contributed by atoms with van der Waals surface area (Å²) in [4.78, 5) is 0.400. The SMILES string of the molecule is CC1NC(C(F)(F)F)=C(C(C)(C)C)S1. The molecule has 0 aromatic heterocycles. The number of allylic oxidation sites excluding steroid dienone is 2. The molecular weight excluding hydrogens is 211 g/mol. The van der Waals surface area contributed by atoms with Crippen LogP contribution in [-0.4, -0.2) is 11.6 Å². The molecule has 1 nitrogen and oxygen atoms in total. The largest absolute Gasteiger partial charge is 0.431 e. The van der Waals surface area contributed by atoms with Gasteiger partial charge in [-0.1, -0.05) is 20.8 Å². The van der Waals surface area contributed by atoms with Crippen molar-refractivity contribution in [2.45, 2.75) is 39.2 Å². The molecule has 0 aliphatic carbocycles. The van der Waals surface area contributed by atoms with Gasteiger partial charge in [-0.3, -0.25) is 0 Å². The highest BCUT2D eigenvalue weighted by Gasteiger charge is 2.43. The topological polar surface area (TPSA) is 12.0 Å². The van der Waals surface area contributed by atoms with E-state index < -0.39 is 17.3 Å². The van der Waals surface area contributed by atoms with Gasteiger partial charge in [-0.2, -0.15) is 13.2 Å². The van der Waals surface area contributed by atoms with Crippen LogP contribution < -0.4 is 5.32 Å². The number of alkyl halides is 3. The lowest BCUT2D eigenvalue weighted by molar-refractivity contribution is -0.0974. The van der Waals surface area contributed by atoms with Crippen molar-refractivity contribution >= 4 is 11.8 Å². The van der Waals surface area contributed by atoms with Gasteiger partial charge in [0.25, 0.3) is 0 Å². The Morgan fingerprint density at radius 2 is 1.71 bits per heavy atom. The van der Waals surface area contributed by atoms with E-state index in [2.05, 4.69) is 5.32 Å². The molecular formula is C9H14F3NS. The smallest absolute Gasteiger partial charge is 0.369 e. The summed E-state index contributed by atoms with van der Waals surface area (Å²) in [6.07, 6.45) is -4.26. The Morgan fingerprint density at radius 1 is 1.21 bits per heavy atom. The molecule has 1 aliphatic heterocycles. The molecule has 0 spiro atoms. The summed E-state index contributed by atoms with van der Waals surface area (Å²) in [5.41, 5.74) is -1.02. The molecule has 82 valence electrons. The zero-order chi connectivity index (χ0) is 11.1. The van der Waals surface area contributed by atoms with E-state index >= 15 is 0 Å². The first kappa shape index (κ1) is 11.8. The van der Waals surface area contributed by atoms with Crippen LogP contribution in [0.4, 0.5) is 13.2 Å². The summed E-state index contributed by atoms with van der Waals surface area (Å²) in [6.45, 7) is 7.11. The molecule has 0 aromatic rings. The molecule has 1 atom stereocenters. The third-order valence-corrected chi connectivity index (χ3v) is 3.36. The van der Waals surface area contributed by atoms with Crippen molar-refractivity contribution in [2.75, 3.05) is 0 Å².